The van der Waals surface area contributed by atoms with E-state index in [0.717, 1.165) is 5.56 Å². The quantitative estimate of drug-likeness (QED) is 0.911. The van der Waals surface area contributed by atoms with Gasteiger partial charge in [0.1, 0.15) is 5.82 Å². The summed E-state index contributed by atoms with van der Waals surface area (Å²) < 4.78 is 13.8. The molecule has 19 heavy (non-hydrogen) atoms. The van der Waals surface area contributed by atoms with Crippen LogP contribution in [0, 0.1) is 17.1 Å². The molecule has 0 saturated heterocycles. The van der Waals surface area contributed by atoms with Crippen LogP contribution in [-0.4, -0.2) is 6.54 Å². The van der Waals surface area contributed by atoms with Crippen molar-refractivity contribution in [1.29, 1.82) is 5.26 Å². The predicted octanol–water partition coefficient (Wildman–Crippen LogP) is 4.31. The fourth-order valence-electron chi connectivity index (χ4n) is 1.75. The highest BCUT2D eigenvalue weighted by Crippen LogP contribution is 2.21. The maximum Gasteiger partial charge on any atom is 0.139 e. The maximum absolute atomic E-state index is 13.4. The Morgan fingerprint density at radius 3 is 2.58 bits per heavy atom. The molecule has 2 nitrogen and oxygen atoms in total. The summed E-state index contributed by atoms with van der Waals surface area (Å²) in [6, 6.07) is 16.6. The smallest absolute Gasteiger partial charge is 0.139 e. The minimum absolute atomic E-state index is 0.257. The van der Waals surface area contributed by atoms with Gasteiger partial charge < -0.3 is 5.32 Å². The summed E-state index contributed by atoms with van der Waals surface area (Å²) >= 11 is 3.10. The number of nitrogens with zero attached hydrogens (tertiary/aromatic N) is 1. The number of nitrogens with one attached hydrogen (secondary N) is 1. The SMILES string of the molecule is N#CC(CNc1ccc(Br)c(F)c1)c1ccccc1. The monoisotopic (exact) mass is 318 g/mol. The summed E-state index contributed by atoms with van der Waals surface area (Å²) in [6.07, 6.45) is 0. The summed E-state index contributed by atoms with van der Waals surface area (Å²) in [7, 11) is 0. The Kier molecular flexibility index (Phi) is 4.53. The first-order valence-corrected chi connectivity index (χ1v) is 6.63. The molecule has 96 valence electrons. The van der Waals surface area contributed by atoms with Gasteiger partial charge in [-0.05, 0) is 39.7 Å². The number of anilines is 1. The lowest BCUT2D eigenvalue weighted by molar-refractivity contribution is 0.621. The van der Waals surface area contributed by atoms with E-state index in [2.05, 4.69) is 27.3 Å². The largest absolute Gasteiger partial charge is 0.383 e. The van der Waals surface area contributed by atoms with Crippen LogP contribution < -0.4 is 5.32 Å². The average Bonchev–Trinajstić information content (AvgIpc) is 2.44. The van der Waals surface area contributed by atoms with E-state index in [1.807, 2.05) is 30.3 Å². The van der Waals surface area contributed by atoms with Gasteiger partial charge in [-0.25, -0.2) is 4.39 Å². The number of hydrogen-bond acceptors (Lipinski definition) is 2. The first-order chi connectivity index (χ1) is 9.20. The molecule has 1 N–H and O–H groups in total. The van der Waals surface area contributed by atoms with Crippen LogP contribution in [0.4, 0.5) is 10.1 Å². The topological polar surface area (TPSA) is 35.8 Å². The minimum Gasteiger partial charge on any atom is -0.383 e. The third kappa shape index (κ3) is 3.55. The molecule has 2 aromatic rings. The summed E-state index contributed by atoms with van der Waals surface area (Å²) in [5.74, 6) is -0.578. The molecule has 0 aliphatic heterocycles. The lowest BCUT2D eigenvalue weighted by Gasteiger charge is -2.12. The molecule has 0 saturated carbocycles. The first-order valence-electron chi connectivity index (χ1n) is 5.84. The van der Waals surface area contributed by atoms with Crippen molar-refractivity contribution in [2.45, 2.75) is 5.92 Å². The second-order valence-electron chi connectivity index (χ2n) is 4.10. The third-order valence-corrected chi connectivity index (χ3v) is 3.43. The van der Waals surface area contributed by atoms with E-state index < -0.39 is 0 Å². The predicted molar refractivity (Wildman–Crippen MR) is 77.4 cm³/mol. The van der Waals surface area contributed by atoms with Crippen LogP contribution in [0.25, 0.3) is 0 Å². The van der Waals surface area contributed by atoms with Crippen LogP contribution >= 0.6 is 15.9 Å². The van der Waals surface area contributed by atoms with Gasteiger partial charge in [-0.3, -0.25) is 0 Å². The molecule has 2 rings (SSSR count). The van der Waals surface area contributed by atoms with Crippen LogP contribution in [0.3, 0.4) is 0 Å². The standard InChI is InChI=1S/C15H12BrFN2/c16-14-7-6-13(8-15(14)17)19-10-12(9-18)11-4-2-1-3-5-11/h1-8,12,19H,10H2. The number of benzene rings is 2. The molecule has 0 amide bonds. The molecule has 2 aromatic carbocycles. The molecule has 0 spiro atoms. The van der Waals surface area contributed by atoms with Crippen LogP contribution in [0.2, 0.25) is 0 Å². The van der Waals surface area contributed by atoms with Crippen LogP contribution in [0.15, 0.2) is 53.0 Å². The Balaban J connectivity index is 2.05. The highest BCUT2D eigenvalue weighted by atomic mass is 79.9. The van der Waals surface area contributed by atoms with E-state index in [1.165, 1.54) is 6.07 Å². The van der Waals surface area contributed by atoms with Gasteiger partial charge in [-0.1, -0.05) is 30.3 Å². The molecule has 1 atom stereocenters. The van der Waals surface area contributed by atoms with Gasteiger partial charge in [-0.2, -0.15) is 5.26 Å². The highest BCUT2D eigenvalue weighted by molar-refractivity contribution is 9.10. The zero-order chi connectivity index (χ0) is 13.7. The van der Waals surface area contributed by atoms with E-state index in [1.54, 1.807) is 12.1 Å². The minimum atomic E-state index is -0.321. The molecule has 1 unspecified atom stereocenters. The van der Waals surface area contributed by atoms with E-state index in [9.17, 15) is 9.65 Å². The van der Waals surface area contributed by atoms with E-state index >= 15 is 0 Å². The average molecular weight is 319 g/mol. The van der Waals surface area contributed by atoms with E-state index in [-0.39, 0.29) is 11.7 Å². The Morgan fingerprint density at radius 2 is 1.95 bits per heavy atom. The molecule has 0 aliphatic rings. The van der Waals surface area contributed by atoms with E-state index in [4.69, 9.17) is 0 Å². The lowest BCUT2D eigenvalue weighted by Crippen LogP contribution is -2.11. The van der Waals surface area contributed by atoms with Crippen LogP contribution in [-0.2, 0) is 0 Å². The van der Waals surface area contributed by atoms with Gasteiger partial charge in [0.25, 0.3) is 0 Å². The maximum atomic E-state index is 13.4. The van der Waals surface area contributed by atoms with Gasteiger partial charge in [0, 0.05) is 12.2 Å². The molecule has 0 radical (unpaired) electrons. The van der Waals surface area contributed by atoms with E-state index in [0.29, 0.717) is 16.7 Å². The molecule has 0 bridgehead atoms. The highest BCUT2D eigenvalue weighted by Gasteiger charge is 2.10. The third-order valence-electron chi connectivity index (χ3n) is 2.79. The number of rotatable bonds is 4. The van der Waals surface area contributed by atoms with Crippen LogP contribution in [0.5, 0.6) is 0 Å². The number of hydrogen-bond donors (Lipinski definition) is 1. The molecular formula is C15H12BrFN2. The Labute approximate surface area is 120 Å². The fraction of sp³-hybridized carbons (Fsp3) is 0.133. The molecule has 4 heteroatoms. The summed E-state index contributed by atoms with van der Waals surface area (Å²) in [5.41, 5.74) is 1.62. The second-order valence-corrected chi connectivity index (χ2v) is 4.96. The van der Waals surface area contributed by atoms with Gasteiger partial charge in [0.05, 0.1) is 16.5 Å². The summed E-state index contributed by atoms with van der Waals surface area (Å²) in [6.45, 7) is 0.446. The van der Waals surface area contributed by atoms with Crippen molar-refractivity contribution in [3.8, 4) is 6.07 Å². The Bertz CT molecular complexity index is 593. The summed E-state index contributed by atoms with van der Waals surface area (Å²) in [4.78, 5) is 0. The van der Waals surface area contributed by atoms with Gasteiger partial charge in [0.15, 0.2) is 0 Å². The normalized spacial score (nSPS) is 11.6. The zero-order valence-corrected chi connectivity index (χ0v) is 11.7. The molecule has 0 aromatic heterocycles. The number of nitriles is 1. The van der Waals surface area contributed by atoms with Crippen molar-refractivity contribution >= 4 is 21.6 Å². The molecular weight excluding hydrogens is 307 g/mol. The van der Waals surface area contributed by atoms with Crippen molar-refractivity contribution in [1.82, 2.24) is 0 Å². The Hall–Kier alpha value is -1.86. The summed E-state index contributed by atoms with van der Waals surface area (Å²) in [5, 5.41) is 12.3. The van der Waals surface area contributed by atoms with Crippen molar-refractivity contribution in [3.05, 3.63) is 64.4 Å². The second kappa shape index (κ2) is 6.35. The zero-order valence-electron chi connectivity index (χ0n) is 10.1. The number of halogens is 2. The van der Waals surface area contributed by atoms with Gasteiger partial charge in [-0.15, -0.1) is 0 Å². The molecule has 0 heterocycles. The Morgan fingerprint density at radius 1 is 1.21 bits per heavy atom. The molecule has 0 aliphatic carbocycles. The molecule has 0 fully saturated rings. The van der Waals surface area contributed by atoms with Crippen molar-refractivity contribution in [3.63, 3.8) is 0 Å². The lowest BCUT2D eigenvalue weighted by atomic mass is 10.0. The fourth-order valence-corrected chi connectivity index (χ4v) is 2.00. The van der Waals surface area contributed by atoms with Gasteiger partial charge in [0.2, 0.25) is 0 Å². The van der Waals surface area contributed by atoms with Crippen molar-refractivity contribution in [2.24, 2.45) is 0 Å². The van der Waals surface area contributed by atoms with Crippen molar-refractivity contribution in [2.75, 3.05) is 11.9 Å². The van der Waals surface area contributed by atoms with Gasteiger partial charge >= 0.3 is 0 Å². The van der Waals surface area contributed by atoms with Crippen molar-refractivity contribution < 1.29 is 4.39 Å². The van der Waals surface area contributed by atoms with Crippen LogP contribution in [0.1, 0.15) is 11.5 Å². The first kappa shape index (κ1) is 13.6.